The zero-order chi connectivity index (χ0) is 21.8. The van der Waals surface area contributed by atoms with Gasteiger partial charge in [-0.3, -0.25) is 4.79 Å². The van der Waals surface area contributed by atoms with Gasteiger partial charge in [-0.1, -0.05) is 23.7 Å². The van der Waals surface area contributed by atoms with Crippen molar-refractivity contribution in [2.45, 2.75) is 13.8 Å². The van der Waals surface area contributed by atoms with E-state index in [1.54, 1.807) is 30.3 Å². The van der Waals surface area contributed by atoms with Crippen LogP contribution in [-0.4, -0.2) is 25.6 Å². The molecule has 1 amide bonds. The molecule has 0 radical (unpaired) electrons. The number of halogens is 2. The van der Waals surface area contributed by atoms with Crippen LogP contribution in [0.3, 0.4) is 0 Å². The molecular formula is C22H19ClFNO4S. The number of hydrogen-bond acceptors (Lipinski definition) is 5. The molecule has 0 spiro atoms. The number of rotatable bonds is 6. The first kappa shape index (κ1) is 21.8. The van der Waals surface area contributed by atoms with Gasteiger partial charge in [0.25, 0.3) is 5.91 Å². The summed E-state index contributed by atoms with van der Waals surface area (Å²) < 4.78 is 23.7. The summed E-state index contributed by atoms with van der Waals surface area (Å²) in [6.45, 7) is 3.41. The van der Waals surface area contributed by atoms with Crippen LogP contribution in [0.5, 0.6) is 5.75 Å². The van der Waals surface area contributed by atoms with Crippen LogP contribution in [0.1, 0.15) is 20.8 Å². The minimum atomic E-state index is -0.594. The van der Waals surface area contributed by atoms with Crippen molar-refractivity contribution >= 4 is 39.8 Å². The van der Waals surface area contributed by atoms with Crippen molar-refractivity contribution in [2.24, 2.45) is 0 Å². The smallest absolute Gasteiger partial charge is 0.341 e. The average Bonchev–Trinajstić information content (AvgIpc) is 3.04. The molecular weight excluding hydrogens is 429 g/mol. The Morgan fingerprint density at radius 1 is 1.13 bits per heavy atom. The van der Waals surface area contributed by atoms with Crippen molar-refractivity contribution in [1.29, 1.82) is 0 Å². The highest BCUT2D eigenvalue weighted by atomic mass is 35.5. The summed E-state index contributed by atoms with van der Waals surface area (Å²) in [5.74, 6) is -0.896. The molecule has 0 saturated heterocycles. The molecule has 0 bridgehead atoms. The minimum Gasteiger partial charge on any atom is -0.484 e. The molecule has 0 unspecified atom stereocenters. The monoisotopic (exact) mass is 447 g/mol. The first-order valence-corrected chi connectivity index (χ1v) is 10.2. The third-order valence-electron chi connectivity index (χ3n) is 4.36. The number of carbonyl (C=O) groups is 2. The summed E-state index contributed by atoms with van der Waals surface area (Å²) in [5.41, 5.74) is 2.30. The van der Waals surface area contributed by atoms with Crippen molar-refractivity contribution in [3.63, 3.8) is 0 Å². The van der Waals surface area contributed by atoms with Crippen LogP contribution in [0.25, 0.3) is 11.1 Å². The number of carbonyl (C=O) groups excluding carboxylic acids is 2. The van der Waals surface area contributed by atoms with Crippen LogP contribution in [-0.2, 0) is 9.53 Å². The molecule has 2 aromatic carbocycles. The number of amides is 1. The Bertz CT molecular complexity index is 1100. The van der Waals surface area contributed by atoms with Gasteiger partial charge in [-0.05, 0) is 55.3 Å². The second kappa shape index (κ2) is 9.28. The quantitative estimate of drug-likeness (QED) is 0.497. The number of thiophene rings is 1. The lowest BCUT2D eigenvalue weighted by Gasteiger charge is -2.10. The third-order valence-corrected chi connectivity index (χ3v) is 5.80. The van der Waals surface area contributed by atoms with Crippen molar-refractivity contribution in [1.82, 2.24) is 0 Å². The van der Waals surface area contributed by atoms with E-state index >= 15 is 0 Å². The third kappa shape index (κ3) is 4.80. The zero-order valence-electron chi connectivity index (χ0n) is 16.5. The molecule has 3 aromatic rings. The first-order chi connectivity index (χ1) is 14.3. The number of ether oxygens (including phenoxy) is 2. The largest absolute Gasteiger partial charge is 0.484 e. The van der Waals surface area contributed by atoms with Gasteiger partial charge in [0.1, 0.15) is 22.1 Å². The Labute approximate surface area is 182 Å². The summed E-state index contributed by atoms with van der Waals surface area (Å²) in [6.07, 6.45) is 0. The maximum absolute atomic E-state index is 13.3. The number of methoxy groups -OCH3 is 1. The lowest BCUT2D eigenvalue weighted by atomic mass is 10.0. The van der Waals surface area contributed by atoms with Gasteiger partial charge in [0, 0.05) is 15.5 Å². The van der Waals surface area contributed by atoms with Crippen molar-refractivity contribution in [2.75, 3.05) is 19.0 Å². The number of anilines is 1. The van der Waals surface area contributed by atoms with Crippen LogP contribution in [0.15, 0.2) is 42.5 Å². The van der Waals surface area contributed by atoms with E-state index in [4.69, 9.17) is 21.1 Å². The number of aryl methyl sites for hydroxylation is 2. The van der Waals surface area contributed by atoms with E-state index in [0.717, 1.165) is 10.4 Å². The highest BCUT2D eigenvalue weighted by Crippen LogP contribution is 2.40. The number of hydrogen-bond donors (Lipinski definition) is 1. The molecule has 1 aromatic heterocycles. The second-order valence-corrected chi connectivity index (χ2v) is 8.12. The minimum absolute atomic E-state index is 0.224. The van der Waals surface area contributed by atoms with E-state index in [0.29, 0.717) is 26.9 Å². The summed E-state index contributed by atoms with van der Waals surface area (Å²) in [7, 11) is 1.27. The van der Waals surface area contributed by atoms with E-state index < -0.39 is 11.9 Å². The lowest BCUT2D eigenvalue weighted by molar-refractivity contribution is -0.118. The Kier molecular flexibility index (Phi) is 6.74. The molecule has 0 saturated carbocycles. The van der Waals surface area contributed by atoms with Crippen molar-refractivity contribution in [3.8, 4) is 16.9 Å². The molecule has 3 rings (SSSR count). The Hall–Kier alpha value is -2.90. The van der Waals surface area contributed by atoms with E-state index in [-0.39, 0.29) is 18.0 Å². The zero-order valence-corrected chi connectivity index (χ0v) is 18.1. The van der Waals surface area contributed by atoms with Gasteiger partial charge in [-0.15, -0.1) is 11.3 Å². The summed E-state index contributed by atoms with van der Waals surface area (Å²) in [4.78, 5) is 25.7. The molecule has 0 fully saturated rings. The molecule has 0 aliphatic rings. The molecule has 1 N–H and O–H groups in total. The Balaban J connectivity index is 1.83. The molecule has 0 atom stereocenters. The Morgan fingerprint density at radius 2 is 1.83 bits per heavy atom. The van der Waals surface area contributed by atoms with E-state index in [1.165, 1.54) is 30.6 Å². The van der Waals surface area contributed by atoms with Gasteiger partial charge in [-0.2, -0.15) is 0 Å². The molecule has 8 heteroatoms. The van der Waals surface area contributed by atoms with Crippen molar-refractivity contribution < 1.29 is 23.5 Å². The molecule has 1 heterocycles. The highest BCUT2D eigenvalue weighted by Gasteiger charge is 2.25. The van der Waals surface area contributed by atoms with Crippen LogP contribution in [0.2, 0.25) is 5.02 Å². The number of benzene rings is 2. The van der Waals surface area contributed by atoms with E-state index in [9.17, 15) is 14.0 Å². The SMILES string of the molecule is COC(=O)c1c(NC(=O)COc2ccc(Cl)c(C)c2)sc(C)c1-c1ccc(F)cc1. The molecule has 0 aliphatic heterocycles. The predicted octanol–water partition coefficient (Wildman–Crippen LogP) is 5.63. The Morgan fingerprint density at radius 3 is 2.47 bits per heavy atom. The molecule has 156 valence electrons. The summed E-state index contributed by atoms with van der Waals surface area (Å²) in [5, 5.41) is 3.67. The van der Waals surface area contributed by atoms with Crippen LogP contribution < -0.4 is 10.1 Å². The molecule has 30 heavy (non-hydrogen) atoms. The maximum Gasteiger partial charge on any atom is 0.341 e. The fourth-order valence-electron chi connectivity index (χ4n) is 2.91. The topological polar surface area (TPSA) is 64.6 Å². The summed E-state index contributed by atoms with van der Waals surface area (Å²) >= 11 is 7.23. The van der Waals surface area contributed by atoms with Gasteiger partial charge in [0.15, 0.2) is 6.61 Å². The lowest BCUT2D eigenvalue weighted by Crippen LogP contribution is -2.21. The van der Waals surface area contributed by atoms with Gasteiger partial charge in [-0.25, -0.2) is 9.18 Å². The number of nitrogens with one attached hydrogen (secondary N) is 1. The standard InChI is InChI=1S/C22H19ClFNO4S/c1-12-10-16(8-9-17(12)23)29-11-18(26)25-21-20(22(27)28-3)19(13(2)30-21)14-4-6-15(24)7-5-14/h4-10H,11H2,1-3H3,(H,25,26). The predicted molar refractivity (Wildman–Crippen MR) is 116 cm³/mol. The van der Waals surface area contributed by atoms with Gasteiger partial charge in [0.2, 0.25) is 0 Å². The van der Waals surface area contributed by atoms with Gasteiger partial charge >= 0.3 is 5.97 Å². The van der Waals surface area contributed by atoms with E-state index in [1.807, 2.05) is 13.8 Å². The van der Waals surface area contributed by atoms with Crippen LogP contribution in [0.4, 0.5) is 9.39 Å². The number of esters is 1. The highest BCUT2D eigenvalue weighted by molar-refractivity contribution is 7.17. The second-order valence-electron chi connectivity index (χ2n) is 6.48. The molecule has 0 aliphatic carbocycles. The summed E-state index contributed by atoms with van der Waals surface area (Å²) in [6, 6.07) is 10.9. The van der Waals surface area contributed by atoms with Gasteiger partial charge in [0.05, 0.1) is 7.11 Å². The van der Waals surface area contributed by atoms with E-state index in [2.05, 4.69) is 5.32 Å². The van der Waals surface area contributed by atoms with Gasteiger partial charge < -0.3 is 14.8 Å². The first-order valence-electron chi connectivity index (χ1n) is 8.96. The van der Waals surface area contributed by atoms with Crippen molar-refractivity contribution in [3.05, 3.63) is 69.3 Å². The fourth-order valence-corrected chi connectivity index (χ4v) is 4.11. The van der Waals surface area contributed by atoms with Crippen LogP contribution >= 0.6 is 22.9 Å². The maximum atomic E-state index is 13.3. The molecule has 5 nitrogen and oxygen atoms in total. The average molecular weight is 448 g/mol. The normalized spacial score (nSPS) is 10.6. The fraction of sp³-hybridized carbons (Fsp3) is 0.182. The van der Waals surface area contributed by atoms with Crippen LogP contribution in [0, 0.1) is 19.7 Å².